The summed E-state index contributed by atoms with van der Waals surface area (Å²) < 4.78 is 3.55. The van der Waals surface area contributed by atoms with Gasteiger partial charge in [-0.1, -0.05) is 12.1 Å². The number of aromatic nitrogens is 6. The predicted octanol–water partition coefficient (Wildman–Crippen LogP) is 3.94. The van der Waals surface area contributed by atoms with E-state index in [0.717, 1.165) is 38.7 Å². The van der Waals surface area contributed by atoms with Crippen LogP contribution in [0.1, 0.15) is 29.8 Å². The van der Waals surface area contributed by atoms with Crippen LogP contribution in [0.25, 0.3) is 39.1 Å². The average Bonchev–Trinajstić information content (AvgIpc) is 3.54. The highest BCUT2D eigenvalue weighted by Crippen LogP contribution is 2.26. The minimum absolute atomic E-state index is 0.0157. The molecule has 1 atom stereocenters. The summed E-state index contributed by atoms with van der Waals surface area (Å²) in [7, 11) is 3.75. The first-order valence-electron chi connectivity index (χ1n) is 11.2. The van der Waals surface area contributed by atoms with Gasteiger partial charge >= 0.3 is 0 Å². The van der Waals surface area contributed by atoms with E-state index in [9.17, 15) is 10.1 Å². The highest BCUT2D eigenvalue weighted by molar-refractivity contribution is 6.04. The third-order valence-electron chi connectivity index (χ3n) is 6.17. The SMILES string of the molecule is Cc1nn(C)c2cc([C@@H](C)NC(=O)/C(C#N)=C/c3c[nH]c4ncc(-c5cnn(C)c5)cc34)ccc12. The molecule has 0 radical (unpaired) electrons. The Kier molecular flexibility index (Phi) is 5.41. The Bertz CT molecular complexity index is 1660. The quantitative estimate of drug-likeness (QED) is 0.302. The third kappa shape index (κ3) is 4.06. The summed E-state index contributed by atoms with van der Waals surface area (Å²) in [5.74, 6) is -0.438. The lowest BCUT2D eigenvalue weighted by Gasteiger charge is -2.14. The van der Waals surface area contributed by atoms with E-state index in [4.69, 9.17) is 0 Å². The van der Waals surface area contributed by atoms with Crippen molar-refractivity contribution in [3.8, 4) is 17.2 Å². The zero-order valence-electron chi connectivity index (χ0n) is 19.9. The normalized spacial score (nSPS) is 12.7. The highest BCUT2D eigenvalue weighted by Gasteiger charge is 2.17. The van der Waals surface area contributed by atoms with Gasteiger partial charge in [0.2, 0.25) is 0 Å². The number of hydrogen-bond donors (Lipinski definition) is 2. The number of aromatic amines is 1. The van der Waals surface area contributed by atoms with Crippen molar-refractivity contribution >= 4 is 33.9 Å². The van der Waals surface area contributed by atoms with Gasteiger partial charge in [0, 0.05) is 60.1 Å². The molecule has 0 saturated heterocycles. The van der Waals surface area contributed by atoms with Crippen molar-refractivity contribution in [2.45, 2.75) is 19.9 Å². The minimum atomic E-state index is -0.438. The van der Waals surface area contributed by atoms with Gasteiger partial charge in [0.1, 0.15) is 17.3 Å². The number of benzene rings is 1. The second kappa shape index (κ2) is 8.57. The monoisotopic (exact) mass is 464 g/mol. The van der Waals surface area contributed by atoms with Crippen LogP contribution in [0.4, 0.5) is 0 Å². The number of fused-ring (bicyclic) bond motifs is 2. The van der Waals surface area contributed by atoms with E-state index >= 15 is 0 Å². The molecule has 0 aliphatic rings. The Hall–Kier alpha value is -4.71. The smallest absolute Gasteiger partial charge is 0.262 e. The number of amides is 1. The maximum atomic E-state index is 13.0. The molecule has 35 heavy (non-hydrogen) atoms. The van der Waals surface area contributed by atoms with Gasteiger partial charge in [-0.05, 0) is 37.6 Å². The molecule has 5 rings (SSSR count). The van der Waals surface area contributed by atoms with Crippen LogP contribution in [0.5, 0.6) is 0 Å². The lowest BCUT2D eigenvalue weighted by Crippen LogP contribution is -2.27. The molecule has 1 aromatic carbocycles. The first-order chi connectivity index (χ1) is 16.8. The van der Waals surface area contributed by atoms with E-state index in [1.165, 1.54) is 0 Å². The molecular weight excluding hydrogens is 440 g/mol. The van der Waals surface area contributed by atoms with Crippen LogP contribution in [-0.2, 0) is 18.9 Å². The Morgan fingerprint density at radius 1 is 1.20 bits per heavy atom. The van der Waals surface area contributed by atoms with Crippen LogP contribution >= 0.6 is 0 Å². The standard InChI is InChI=1S/C26H24N8O/c1-15(17-5-6-22-16(2)32-34(4)24(22)9-17)31-26(35)18(10-27)7-20-12-29-25-23(20)8-19(11-28-25)21-13-30-33(3)14-21/h5-9,11-15H,1-4H3,(H,28,29)(H,31,35)/b18-7+/t15-/m1/s1. The summed E-state index contributed by atoms with van der Waals surface area (Å²) in [5.41, 5.74) is 6.13. The molecule has 9 heteroatoms. The number of carbonyl (C=O) groups excluding carboxylic acids is 1. The van der Waals surface area contributed by atoms with E-state index < -0.39 is 5.91 Å². The lowest BCUT2D eigenvalue weighted by molar-refractivity contribution is -0.117. The number of rotatable bonds is 5. The summed E-state index contributed by atoms with van der Waals surface area (Å²) in [4.78, 5) is 20.6. The van der Waals surface area contributed by atoms with Gasteiger partial charge < -0.3 is 10.3 Å². The van der Waals surface area contributed by atoms with Crippen LogP contribution in [-0.4, -0.2) is 35.4 Å². The molecule has 174 valence electrons. The van der Waals surface area contributed by atoms with Gasteiger partial charge in [-0.2, -0.15) is 15.5 Å². The molecule has 0 fully saturated rings. The number of nitriles is 1. The molecule has 0 saturated carbocycles. The molecule has 0 aliphatic heterocycles. The van der Waals surface area contributed by atoms with Crippen molar-refractivity contribution in [1.29, 1.82) is 5.26 Å². The van der Waals surface area contributed by atoms with Gasteiger partial charge in [0.25, 0.3) is 5.91 Å². The fourth-order valence-corrected chi connectivity index (χ4v) is 4.26. The first kappa shape index (κ1) is 22.1. The topological polar surface area (TPSA) is 117 Å². The Morgan fingerprint density at radius 2 is 2.03 bits per heavy atom. The summed E-state index contributed by atoms with van der Waals surface area (Å²) >= 11 is 0. The molecular formula is C26H24N8O. The Labute approximate surface area is 201 Å². The van der Waals surface area contributed by atoms with Gasteiger partial charge in [0.05, 0.1) is 23.4 Å². The number of aryl methyl sites for hydroxylation is 3. The summed E-state index contributed by atoms with van der Waals surface area (Å²) in [6.45, 7) is 3.87. The van der Waals surface area contributed by atoms with Crippen molar-refractivity contribution < 1.29 is 4.79 Å². The number of H-pyrrole nitrogens is 1. The molecule has 0 spiro atoms. The van der Waals surface area contributed by atoms with Crippen LogP contribution in [0.2, 0.25) is 0 Å². The zero-order chi connectivity index (χ0) is 24.7. The van der Waals surface area contributed by atoms with Crippen LogP contribution < -0.4 is 5.32 Å². The molecule has 0 aliphatic carbocycles. The maximum Gasteiger partial charge on any atom is 0.262 e. The fraction of sp³-hybridized carbons (Fsp3) is 0.192. The van der Waals surface area contributed by atoms with Crippen LogP contribution in [0, 0.1) is 18.3 Å². The molecule has 5 aromatic rings. The Balaban J connectivity index is 1.41. The number of nitrogens with one attached hydrogen (secondary N) is 2. The number of pyridine rings is 1. The van der Waals surface area contributed by atoms with Gasteiger partial charge in [-0.3, -0.25) is 14.2 Å². The molecule has 0 bridgehead atoms. The maximum absolute atomic E-state index is 13.0. The van der Waals surface area contributed by atoms with E-state index in [1.54, 1.807) is 29.3 Å². The van der Waals surface area contributed by atoms with Crippen molar-refractivity contribution in [3.63, 3.8) is 0 Å². The summed E-state index contributed by atoms with van der Waals surface area (Å²) in [6.07, 6.45) is 8.78. The minimum Gasteiger partial charge on any atom is -0.346 e. The van der Waals surface area contributed by atoms with Gasteiger partial charge in [-0.15, -0.1) is 0 Å². The highest BCUT2D eigenvalue weighted by atomic mass is 16.1. The van der Waals surface area contributed by atoms with E-state index in [0.29, 0.717) is 11.2 Å². The second-order valence-electron chi connectivity index (χ2n) is 8.62. The largest absolute Gasteiger partial charge is 0.346 e. The summed E-state index contributed by atoms with van der Waals surface area (Å²) in [6, 6.07) is 9.72. The van der Waals surface area contributed by atoms with Gasteiger partial charge in [0.15, 0.2) is 0 Å². The van der Waals surface area contributed by atoms with Gasteiger partial charge in [-0.25, -0.2) is 4.98 Å². The molecule has 0 unspecified atom stereocenters. The molecule has 2 N–H and O–H groups in total. The van der Waals surface area contributed by atoms with Crippen molar-refractivity contribution in [2.24, 2.45) is 14.1 Å². The second-order valence-corrected chi connectivity index (χ2v) is 8.62. The first-order valence-corrected chi connectivity index (χ1v) is 11.2. The number of hydrogen-bond acceptors (Lipinski definition) is 5. The predicted molar refractivity (Wildman–Crippen MR) is 134 cm³/mol. The van der Waals surface area contributed by atoms with E-state index in [2.05, 4.69) is 25.5 Å². The third-order valence-corrected chi connectivity index (χ3v) is 6.17. The molecule has 4 heterocycles. The molecule has 4 aromatic heterocycles. The fourth-order valence-electron chi connectivity index (χ4n) is 4.26. The van der Waals surface area contributed by atoms with E-state index in [1.807, 2.05) is 69.2 Å². The average molecular weight is 465 g/mol. The molecule has 1 amide bonds. The van der Waals surface area contributed by atoms with Crippen LogP contribution in [0.3, 0.4) is 0 Å². The number of nitrogens with zero attached hydrogens (tertiary/aromatic N) is 6. The van der Waals surface area contributed by atoms with Crippen LogP contribution in [0.15, 0.2) is 54.6 Å². The molecule has 9 nitrogen and oxygen atoms in total. The van der Waals surface area contributed by atoms with Crippen molar-refractivity contribution in [2.75, 3.05) is 0 Å². The zero-order valence-corrected chi connectivity index (χ0v) is 19.9. The van der Waals surface area contributed by atoms with Crippen molar-refractivity contribution in [1.82, 2.24) is 34.8 Å². The number of carbonyl (C=O) groups is 1. The lowest BCUT2D eigenvalue weighted by atomic mass is 10.0. The van der Waals surface area contributed by atoms with E-state index in [-0.39, 0.29) is 11.6 Å². The Morgan fingerprint density at radius 3 is 2.77 bits per heavy atom. The summed E-state index contributed by atoms with van der Waals surface area (Å²) in [5, 5.41) is 23.2. The van der Waals surface area contributed by atoms with Crippen molar-refractivity contribution in [3.05, 3.63) is 71.4 Å².